The highest BCUT2D eigenvalue weighted by atomic mass is 79.9. The molecule has 2 rings (SSSR count). The lowest BCUT2D eigenvalue weighted by Gasteiger charge is -2.12. The first-order valence-corrected chi connectivity index (χ1v) is 6.95. The summed E-state index contributed by atoms with van der Waals surface area (Å²) < 4.78 is 13.6. The summed E-state index contributed by atoms with van der Waals surface area (Å²) >= 11 is 5.07. The molecule has 1 heterocycles. The van der Waals surface area contributed by atoms with Crippen molar-refractivity contribution < 1.29 is 9.18 Å². The standard InChI is InChI=1S/C11H11BrFNOS/c12-10-2-1-7(13)5-9(10)11(15)14-8-3-4-16-6-8/h1-2,5,8H,3-4,6H2,(H,14,15). The third kappa shape index (κ3) is 2.77. The number of thioether (sulfide) groups is 1. The molecular weight excluding hydrogens is 293 g/mol. The average Bonchev–Trinajstić information content (AvgIpc) is 2.74. The maximum absolute atomic E-state index is 13.0. The van der Waals surface area contributed by atoms with E-state index in [0.717, 1.165) is 17.9 Å². The number of amides is 1. The van der Waals surface area contributed by atoms with Gasteiger partial charge in [-0.2, -0.15) is 11.8 Å². The van der Waals surface area contributed by atoms with Crippen molar-refractivity contribution in [3.8, 4) is 0 Å². The summed E-state index contributed by atoms with van der Waals surface area (Å²) in [4.78, 5) is 11.9. The van der Waals surface area contributed by atoms with Gasteiger partial charge in [0.05, 0.1) is 5.56 Å². The van der Waals surface area contributed by atoms with Gasteiger partial charge in [0, 0.05) is 16.3 Å². The fourth-order valence-electron chi connectivity index (χ4n) is 1.58. The van der Waals surface area contributed by atoms with E-state index in [2.05, 4.69) is 21.2 Å². The SMILES string of the molecule is O=C(NC1CCSC1)c1cc(F)ccc1Br. The predicted octanol–water partition coefficient (Wildman–Crippen LogP) is 2.82. The zero-order valence-electron chi connectivity index (χ0n) is 8.50. The number of nitrogens with one attached hydrogen (secondary N) is 1. The molecule has 1 aliphatic rings. The highest BCUT2D eigenvalue weighted by molar-refractivity contribution is 9.10. The van der Waals surface area contributed by atoms with Crippen LogP contribution in [0.2, 0.25) is 0 Å². The lowest BCUT2D eigenvalue weighted by Crippen LogP contribution is -2.34. The molecule has 0 spiro atoms. The molecule has 1 atom stereocenters. The van der Waals surface area contributed by atoms with E-state index >= 15 is 0 Å². The van der Waals surface area contributed by atoms with E-state index in [1.807, 2.05) is 11.8 Å². The number of carbonyl (C=O) groups excluding carboxylic acids is 1. The van der Waals surface area contributed by atoms with E-state index < -0.39 is 5.82 Å². The number of hydrogen-bond donors (Lipinski definition) is 1. The van der Waals surface area contributed by atoms with E-state index in [4.69, 9.17) is 0 Å². The summed E-state index contributed by atoms with van der Waals surface area (Å²) in [5, 5.41) is 2.91. The van der Waals surface area contributed by atoms with E-state index in [-0.39, 0.29) is 11.9 Å². The fourth-order valence-corrected chi connectivity index (χ4v) is 3.16. The minimum Gasteiger partial charge on any atom is -0.348 e. The summed E-state index contributed by atoms with van der Waals surface area (Å²) in [6.07, 6.45) is 0.989. The van der Waals surface area contributed by atoms with Crippen molar-refractivity contribution in [1.82, 2.24) is 5.32 Å². The van der Waals surface area contributed by atoms with Gasteiger partial charge in [-0.15, -0.1) is 0 Å². The first-order chi connectivity index (χ1) is 7.66. The molecule has 1 unspecified atom stereocenters. The highest BCUT2D eigenvalue weighted by Crippen LogP contribution is 2.20. The second-order valence-electron chi connectivity index (χ2n) is 3.66. The van der Waals surface area contributed by atoms with Gasteiger partial charge in [0.15, 0.2) is 0 Å². The van der Waals surface area contributed by atoms with Crippen LogP contribution in [-0.4, -0.2) is 23.5 Å². The molecule has 1 fully saturated rings. The number of carbonyl (C=O) groups is 1. The Morgan fingerprint density at radius 2 is 2.38 bits per heavy atom. The topological polar surface area (TPSA) is 29.1 Å². The maximum Gasteiger partial charge on any atom is 0.252 e. The summed E-state index contributed by atoms with van der Waals surface area (Å²) in [7, 11) is 0. The van der Waals surface area contributed by atoms with Crippen LogP contribution in [0.5, 0.6) is 0 Å². The lowest BCUT2D eigenvalue weighted by molar-refractivity contribution is 0.0940. The van der Waals surface area contributed by atoms with Crippen molar-refractivity contribution in [2.75, 3.05) is 11.5 Å². The van der Waals surface area contributed by atoms with Crippen molar-refractivity contribution in [1.29, 1.82) is 0 Å². The van der Waals surface area contributed by atoms with Crippen LogP contribution in [0.4, 0.5) is 4.39 Å². The van der Waals surface area contributed by atoms with Crippen LogP contribution < -0.4 is 5.32 Å². The molecule has 0 aliphatic carbocycles. The number of hydrogen-bond acceptors (Lipinski definition) is 2. The van der Waals surface area contributed by atoms with Crippen molar-refractivity contribution in [2.24, 2.45) is 0 Å². The third-order valence-electron chi connectivity index (χ3n) is 2.44. The van der Waals surface area contributed by atoms with Gasteiger partial charge in [-0.25, -0.2) is 4.39 Å². The van der Waals surface area contributed by atoms with Gasteiger partial charge in [-0.1, -0.05) is 0 Å². The maximum atomic E-state index is 13.0. The zero-order valence-corrected chi connectivity index (χ0v) is 10.9. The van der Waals surface area contributed by atoms with E-state index in [1.54, 1.807) is 6.07 Å². The van der Waals surface area contributed by atoms with Crippen LogP contribution in [0.25, 0.3) is 0 Å². The zero-order chi connectivity index (χ0) is 11.5. The average molecular weight is 304 g/mol. The minimum atomic E-state index is -0.394. The molecule has 5 heteroatoms. The second-order valence-corrected chi connectivity index (χ2v) is 5.66. The smallest absolute Gasteiger partial charge is 0.252 e. The minimum absolute atomic E-state index is 0.209. The van der Waals surface area contributed by atoms with Crippen molar-refractivity contribution in [3.63, 3.8) is 0 Å². The predicted molar refractivity (Wildman–Crippen MR) is 67.3 cm³/mol. The molecule has 0 aromatic heterocycles. The normalized spacial score (nSPS) is 19.8. The monoisotopic (exact) mass is 303 g/mol. The molecule has 0 saturated carbocycles. The Morgan fingerprint density at radius 1 is 1.56 bits per heavy atom. The molecule has 0 radical (unpaired) electrons. The van der Waals surface area contributed by atoms with Crippen molar-refractivity contribution in [2.45, 2.75) is 12.5 Å². The van der Waals surface area contributed by atoms with Gasteiger partial charge in [0.1, 0.15) is 5.82 Å². The largest absolute Gasteiger partial charge is 0.348 e. The van der Waals surface area contributed by atoms with Crippen LogP contribution in [0.3, 0.4) is 0 Å². The van der Waals surface area contributed by atoms with E-state index in [1.165, 1.54) is 12.1 Å². The Balaban J connectivity index is 2.10. The Bertz CT molecular complexity index is 407. The molecule has 16 heavy (non-hydrogen) atoms. The summed E-state index contributed by atoms with van der Waals surface area (Å²) in [5.74, 6) is 1.42. The Kier molecular flexibility index (Phi) is 3.86. The molecule has 2 nitrogen and oxygen atoms in total. The quantitative estimate of drug-likeness (QED) is 0.910. The molecule has 1 N–H and O–H groups in total. The Morgan fingerprint density at radius 3 is 3.06 bits per heavy atom. The van der Waals surface area contributed by atoms with Gasteiger partial charge in [-0.3, -0.25) is 4.79 Å². The Hall–Kier alpha value is -0.550. The van der Waals surface area contributed by atoms with Crippen molar-refractivity contribution in [3.05, 3.63) is 34.1 Å². The first-order valence-electron chi connectivity index (χ1n) is 5.00. The van der Waals surface area contributed by atoms with Crippen LogP contribution >= 0.6 is 27.7 Å². The van der Waals surface area contributed by atoms with Crippen LogP contribution in [0.1, 0.15) is 16.8 Å². The number of rotatable bonds is 2. The molecule has 1 amide bonds. The fraction of sp³-hybridized carbons (Fsp3) is 0.364. The summed E-state index contributed by atoms with van der Waals surface area (Å²) in [6, 6.07) is 4.34. The number of halogens is 2. The first kappa shape index (κ1) is 11.9. The highest BCUT2D eigenvalue weighted by Gasteiger charge is 2.19. The molecule has 1 aromatic carbocycles. The molecular formula is C11H11BrFNOS. The van der Waals surface area contributed by atoms with Gasteiger partial charge in [-0.05, 0) is 46.3 Å². The summed E-state index contributed by atoms with van der Waals surface area (Å²) in [5.41, 5.74) is 0.358. The van der Waals surface area contributed by atoms with Crippen LogP contribution in [0.15, 0.2) is 22.7 Å². The molecule has 1 saturated heterocycles. The van der Waals surface area contributed by atoms with E-state index in [9.17, 15) is 9.18 Å². The van der Waals surface area contributed by atoms with Crippen molar-refractivity contribution >= 4 is 33.6 Å². The van der Waals surface area contributed by atoms with Crippen LogP contribution in [0, 0.1) is 5.82 Å². The lowest BCUT2D eigenvalue weighted by atomic mass is 10.2. The third-order valence-corrected chi connectivity index (χ3v) is 4.29. The summed E-state index contributed by atoms with van der Waals surface area (Å²) in [6.45, 7) is 0. The van der Waals surface area contributed by atoms with Crippen LogP contribution in [-0.2, 0) is 0 Å². The van der Waals surface area contributed by atoms with Gasteiger partial charge in [0.2, 0.25) is 0 Å². The van der Waals surface area contributed by atoms with Gasteiger partial charge >= 0.3 is 0 Å². The molecule has 0 bridgehead atoms. The molecule has 1 aliphatic heterocycles. The Labute approximate surface area is 106 Å². The van der Waals surface area contributed by atoms with E-state index in [0.29, 0.717) is 10.0 Å². The number of benzene rings is 1. The molecule has 86 valence electrons. The second kappa shape index (κ2) is 5.19. The van der Waals surface area contributed by atoms with Gasteiger partial charge in [0.25, 0.3) is 5.91 Å². The molecule has 1 aromatic rings. The van der Waals surface area contributed by atoms with Gasteiger partial charge < -0.3 is 5.32 Å².